The summed E-state index contributed by atoms with van der Waals surface area (Å²) >= 11 is 1.18. The molecule has 0 unspecified atom stereocenters. The van der Waals surface area contributed by atoms with E-state index in [9.17, 15) is 18.3 Å². The molecule has 0 aliphatic rings. The van der Waals surface area contributed by atoms with Crippen molar-refractivity contribution in [1.82, 2.24) is 15.2 Å². The molecule has 1 amide bonds. The van der Waals surface area contributed by atoms with E-state index in [2.05, 4.69) is 20.5 Å². The molecule has 0 atom stereocenters. The number of rotatable bonds is 5. The zero-order chi connectivity index (χ0) is 21.5. The number of fused-ring (bicyclic) bond motifs is 1. The Hall–Kier alpha value is -3.24. The van der Waals surface area contributed by atoms with Crippen LogP contribution < -0.4 is 5.32 Å². The zero-order valence-electron chi connectivity index (χ0n) is 16.1. The number of benzene rings is 2. The molecular weight excluding hydrogens is 424 g/mol. The lowest BCUT2D eigenvalue weighted by atomic mass is 10.1. The van der Waals surface area contributed by atoms with Gasteiger partial charge in [-0.15, -0.1) is 0 Å². The van der Waals surface area contributed by atoms with Gasteiger partial charge in [-0.05, 0) is 48.4 Å². The minimum Gasteiger partial charge on any atom is -0.507 e. The van der Waals surface area contributed by atoms with Gasteiger partial charge >= 0.3 is 0 Å². The van der Waals surface area contributed by atoms with Gasteiger partial charge in [0, 0.05) is 11.8 Å². The van der Waals surface area contributed by atoms with Gasteiger partial charge in [-0.2, -0.15) is 5.10 Å². The van der Waals surface area contributed by atoms with Crippen LogP contribution in [0.3, 0.4) is 0 Å². The molecule has 154 valence electrons. The van der Waals surface area contributed by atoms with Crippen LogP contribution in [0.25, 0.3) is 21.5 Å². The van der Waals surface area contributed by atoms with Crippen LogP contribution >= 0.6 is 11.3 Å². The lowest BCUT2D eigenvalue weighted by Crippen LogP contribution is -2.11. The summed E-state index contributed by atoms with van der Waals surface area (Å²) < 4.78 is 24.1. The number of carbonyl (C=O) groups is 1. The average molecular weight is 443 g/mol. The number of anilines is 1. The Bertz CT molecular complexity index is 1370. The molecule has 4 rings (SSSR count). The first kappa shape index (κ1) is 20.0. The molecule has 8 nitrogen and oxygen atoms in total. The molecule has 2 aromatic heterocycles. The van der Waals surface area contributed by atoms with E-state index in [1.165, 1.54) is 23.5 Å². The predicted octanol–water partition coefficient (Wildman–Crippen LogP) is 3.61. The highest BCUT2D eigenvalue weighted by Gasteiger charge is 2.16. The van der Waals surface area contributed by atoms with Gasteiger partial charge in [-0.3, -0.25) is 15.2 Å². The van der Waals surface area contributed by atoms with Crippen molar-refractivity contribution < 1.29 is 18.3 Å². The molecule has 0 bridgehead atoms. The van der Waals surface area contributed by atoms with Gasteiger partial charge in [-0.1, -0.05) is 24.3 Å². The van der Waals surface area contributed by atoms with Gasteiger partial charge in [-0.25, -0.2) is 13.4 Å². The second kappa shape index (κ2) is 7.54. The molecule has 3 N–H and O–H groups in total. The van der Waals surface area contributed by atoms with E-state index in [-0.39, 0.29) is 16.3 Å². The Morgan fingerprint density at radius 3 is 2.73 bits per heavy atom. The smallest absolute Gasteiger partial charge is 0.275 e. The lowest BCUT2D eigenvalue weighted by Gasteiger charge is -2.03. The number of carbonyl (C=O) groups excluding carboxylic acids is 1. The van der Waals surface area contributed by atoms with E-state index in [0.717, 1.165) is 18.2 Å². The maximum Gasteiger partial charge on any atom is 0.275 e. The molecule has 0 fully saturated rings. The van der Waals surface area contributed by atoms with Gasteiger partial charge in [0.05, 0.1) is 20.8 Å². The first-order valence-corrected chi connectivity index (χ1v) is 11.7. The summed E-state index contributed by atoms with van der Waals surface area (Å²) in [6, 6.07) is 11.5. The van der Waals surface area contributed by atoms with Crippen molar-refractivity contribution in [3.63, 3.8) is 0 Å². The second-order valence-corrected chi connectivity index (χ2v) is 9.79. The van der Waals surface area contributed by atoms with Gasteiger partial charge in [0.2, 0.25) is 0 Å². The number of aromatic hydroxyl groups is 1. The number of aromatic amines is 1. The topological polar surface area (TPSA) is 125 Å². The van der Waals surface area contributed by atoms with Crippen LogP contribution in [-0.4, -0.2) is 40.9 Å². The molecule has 0 aliphatic heterocycles. The van der Waals surface area contributed by atoms with E-state index < -0.39 is 15.7 Å². The third-order valence-electron chi connectivity index (χ3n) is 4.58. The standard InChI is InChI=1S/C20H18N4O4S2/c1-3-11-4-7-17(25)13(8-11)15-10-16(24-23-15)19(26)22-20-21-14-6-5-12(30(2,27)28)9-18(14)29-20/h4-10,25H,3H2,1-2H3,(H,23,24)(H,21,22,26). The lowest BCUT2D eigenvalue weighted by molar-refractivity contribution is 0.102. The molecule has 4 aromatic rings. The van der Waals surface area contributed by atoms with Crippen LogP contribution in [0.15, 0.2) is 47.4 Å². The first-order chi connectivity index (χ1) is 14.2. The van der Waals surface area contributed by atoms with Gasteiger partial charge in [0.15, 0.2) is 15.0 Å². The van der Waals surface area contributed by atoms with E-state index in [0.29, 0.717) is 26.6 Å². The predicted molar refractivity (Wildman–Crippen MR) is 116 cm³/mol. The zero-order valence-corrected chi connectivity index (χ0v) is 17.8. The number of H-pyrrole nitrogens is 1. The number of hydrogen-bond acceptors (Lipinski definition) is 7. The minimum atomic E-state index is -3.33. The fourth-order valence-electron chi connectivity index (χ4n) is 2.94. The van der Waals surface area contributed by atoms with Crippen LogP contribution in [0.5, 0.6) is 5.75 Å². The number of phenolic OH excluding ortho intramolecular Hbond substituents is 1. The number of thiazole rings is 1. The third kappa shape index (κ3) is 3.91. The summed E-state index contributed by atoms with van der Waals surface area (Å²) in [4.78, 5) is 17.1. The van der Waals surface area contributed by atoms with Crippen LogP contribution in [0.4, 0.5) is 5.13 Å². The largest absolute Gasteiger partial charge is 0.507 e. The van der Waals surface area contributed by atoms with Gasteiger partial charge in [0.25, 0.3) is 5.91 Å². The minimum absolute atomic E-state index is 0.0820. The Kier molecular flexibility index (Phi) is 5.04. The van der Waals surface area contributed by atoms with Crippen LogP contribution in [0, 0.1) is 0 Å². The molecule has 0 aliphatic carbocycles. The summed E-state index contributed by atoms with van der Waals surface area (Å²) in [6.45, 7) is 2.01. The number of nitrogens with one attached hydrogen (secondary N) is 2. The number of hydrogen-bond donors (Lipinski definition) is 3. The monoisotopic (exact) mass is 442 g/mol. The highest BCUT2D eigenvalue weighted by molar-refractivity contribution is 7.90. The number of aryl methyl sites for hydroxylation is 1. The van der Waals surface area contributed by atoms with Crippen molar-refractivity contribution in [2.24, 2.45) is 0 Å². The maximum absolute atomic E-state index is 12.6. The van der Waals surface area contributed by atoms with Gasteiger partial charge < -0.3 is 5.11 Å². The van der Waals surface area contributed by atoms with Crippen molar-refractivity contribution in [2.75, 3.05) is 11.6 Å². The van der Waals surface area contributed by atoms with E-state index in [1.54, 1.807) is 18.2 Å². The molecule has 10 heteroatoms. The second-order valence-electron chi connectivity index (χ2n) is 6.75. The number of nitrogens with zero attached hydrogens (tertiary/aromatic N) is 2. The molecule has 0 spiro atoms. The summed E-state index contributed by atoms with van der Waals surface area (Å²) in [5, 5.41) is 20.0. The Balaban J connectivity index is 1.58. The molecule has 30 heavy (non-hydrogen) atoms. The molecule has 2 heterocycles. The van der Waals surface area contributed by atoms with Crippen LogP contribution in [0.1, 0.15) is 23.0 Å². The maximum atomic E-state index is 12.6. The summed E-state index contributed by atoms with van der Waals surface area (Å²) in [5.74, 6) is -0.360. The number of amides is 1. The highest BCUT2D eigenvalue weighted by atomic mass is 32.2. The van der Waals surface area contributed by atoms with Crippen molar-refractivity contribution >= 4 is 42.4 Å². The average Bonchev–Trinajstić information content (AvgIpc) is 3.33. The molecule has 0 saturated heterocycles. The molecular formula is C20H18N4O4S2. The van der Waals surface area contributed by atoms with Crippen molar-refractivity contribution in [1.29, 1.82) is 0 Å². The molecule has 2 aromatic carbocycles. The highest BCUT2D eigenvalue weighted by Crippen LogP contribution is 2.30. The Labute approximate surface area is 176 Å². The van der Waals surface area contributed by atoms with Gasteiger partial charge in [0.1, 0.15) is 11.4 Å². The number of sulfone groups is 1. The van der Waals surface area contributed by atoms with E-state index in [4.69, 9.17) is 0 Å². The van der Waals surface area contributed by atoms with E-state index >= 15 is 0 Å². The van der Waals surface area contributed by atoms with Crippen molar-refractivity contribution in [3.05, 3.63) is 53.7 Å². The first-order valence-electron chi connectivity index (χ1n) is 9.04. The van der Waals surface area contributed by atoms with E-state index in [1.807, 2.05) is 19.1 Å². The normalized spacial score (nSPS) is 11.7. The number of phenols is 1. The summed E-state index contributed by atoms with van der Waals surface area (Å²) in [7, 11) is -3.33. The van der Waals surface area contributed by atoms with Crippen molar-refractivity contribution in [2.45, 2.75) is 18.2 Å². The summed E-state index contributed by atoms with van der Waals surface area (Å²) in [5.41, 5.74) is 2.84. The fourth-order valence-corrected chi connectivity index (χ4v) is 4.56. The van der Waals surface area contributed by atoms with Crippen LogP contribution in [0.2, 0.25) is 0 Å². The quantitative estimate of drug-likeness (QED) is 0.434. The fraction of sp³-hybridized carbons (Fsp3) is 0.150. The summed E-state index contributed by atoms with van der Waals surface area (Å²) in [6.07, 6.45) is 1.95. The third-order valence-corrected chi connectivity index (χ3v) is 6.62. The SMILES string of the molecule is CCc1ccc(O)c(-c2cc(C(=O)Nc3nc4ccc(S(C)(=O)=O)cc4s3)[nH]n2)c1. The van der Waals surface area contributed by atoms with Crippen molar-refractivity contribution in [3.8, 4) is 17.0 Å². The molecule has 0 saturated carbocycles. The Morgan fingerprint density at radius 2 is 2.00 bits per heavy atom. The number of aromatic nitrogens is 3. The Morgan fingerprint density at radius 1 is 1.20 bits per heavy atom. The molecule has 0 radical (unpaired) electrons. The van der Waals surface area contributed by atoms with Crippen LogP contribution in [-0.2, 0) is 16.3 Å².